The summed E-state index contributed by atoms with van der Waals surface area (Å²) < 4.78 is 0. The van der Waals surface area contributed by atoms with E-state index in [1.165, 1.54) is 6.33 Å². The highest BCUT2D eigenvalue weighted by Gasteiger charge is 2.11. The predicted molar refractivity (Wildman–Crippen MR) is 55.5 cm³/mol. The molecule has 0 bridgehead atoms. The second-order valence-corrected chi connectivity index (χ2v) is 3.01. The third-order valence-electron chi connectivity index (χ3n) is 1.89. The molecule has 4 nitrogen and oxygen atoms in total. The molecule has 0 aliphatic rings. The van der Waals surface area contributed by atoms with Crippen LogP contribution in [0.25, 0.3) is 0 Å². The summed E-state index contributed by atoms with van der Waals surface area (Å²) in [6, 6.07) is 0.171. The molecule has 2 N–H and O–H groups in total. The smallest absolute Gasteiger partial charge is 0.142 e. The normalized spacial score (nSPS) is 11.9. The minimum Gasteiger partial charge on any atom is -0.307 e. The van der Waals surface area contributed by atoms with Crippen LogP contribution in [0.5, 0.6) is 0 Å². The largest absolute Gasteiger partial charge is 0.307 e. The number of rotatable bonds is 5. The van der Waals surface area contributed by atoms with Crippen molar-refractivity contribution in [2.24, 2.45) is 0 Å². The first kappa shape index (κ1) is 10.7. The lowest BCUT2D eigenvalue weighted by molar-refractivity contribution is 0.518. The summed E-state index contributed by atoms with van der Waals surface area (Å²) in [5.74, 6) is 6.79. The molecule has 4 heteroatoms. The van der Waals surface area contributed by atoms with Gasteiger partial charge in [-0.15, -0.1) is 11.8 Å². The van der Waals surface area contributed by atoms with Gasteiger partial charge in [-0.2, -0.15) is 5.10 Å². The van der Waals surface area contributed by atoms with Crippen LogP contribution in [0, 0.1) is 11.8 Å². The van der Waals surface area contributed by atoms with Crippen molar-refractivity contribution in [3.8, 4) is 11.8 Å². The van der Waals surface area contributed by atoms with Gasteiger partial charge in [-0.05, 0) is 19.9 Å². The van der Waals surface area contributed by atoms with Crippen molar-refractivity contribution in [1.29, 1.82) is 0 Å². The fraction of sp³-hybridized carbons (Fsp3) is 0.600. The van der Waals surface area contributed by atoms with Gasteiger partial charge in [-0.3, -0.25) is 5.10 Å². The summed E-state index contributed by atoms with van der Waals surface area (Å²) in [5, 5.41) is 10.1. The zero-order chi connectivity index (χ0) is 10.2. The molecule has 0 saturated carbocycles. The number of H-pyrrole nitrogens is 1. The SMILES string of the molecule is CC#CCC(NCCC)c1ncn[nH]1. The lowest BCUT2D eigenvalue weighted by atomic mass is 10.2. The van der Waals surface area contributed by atoms with E-state index in [0.717, 1.165) is 25.2 Å². The minimum absolute atomic E-state index is 0.171. The van der Waals surface area contributed by atoms with Crippen molar-refractivity contribution in [1.82, 2.24) is 20.5 Å². The van der Waals surface area contributed by atoms with Gasteiger partial charge in [0.25, 0.3) is 0 Å². The molecule has 0 aromatic carbocycles. The maximum absolute atomic E-state index is 4.13. The van der Waals surface area contributed by atoms with Gasteiger partial charge in [0.1, 0.15) is 12.2 Å². The number of hydrogen-bond donors (Lipinski definition) is 2. The molecule has 76 valence electrons. The van der Waals surface area contributed by atoms with Crippen molar-refractivity contribution >= 4 is 0 Å². The van der Waals surface area contributed by atoms with Crippen LogP contribution < -0.4 is 5.32 Å². The summed E-state index contributed by atoms with van der Waals surface area (Å²) in [7, 11) is 0. The van der Waals surface area contributed by atoms with Gasteiger partial charge in [0.15, 0.2) is 0 Å². The van der Waals surface area contributed by atoms with E-state index in [9.17, 15) is 0 Å². The van der Waals surface area contributed by atoms with Gasteiger partial charge in [0.2, 0.25) is 0 Å². The molecule has 1 heterocycles. The molecule has 1 unspecified atom stereocenters. The summed E-state index contributed by atoms with van der Waals surface area (Å²) in [6.45, 7) is 4.95. The van der Waals surface area contributed by atoms with E-state index in [2.05, 4.69) is 39.3 Å². The topological polar surface area (TPSA) is 53.6 Å². The molecule has 1 rings (SSSR count). The number of hydrogen-bond acceptors (Lipinski definition) is 3. The zero-order valence-corrected chi connectivity index (χ0v) is 8.67. The Hall–Kier alpha value is -1.34. The molecule has 0 fully saturated rings. The molecule has 0 amide bonds. The molecular weight excluding hydrogens is 176 g/mol. The first-order valence-corrected chi connectivity index (χ1v) is 4.86. The van der Waals surface area contributed by atoms with Crippen LogP contribution >= 0.6 is 0 Å². The molecule has 1 aromatic heterocycles. The van der Waals surface area contributed by atoms with Crippen molar-refractivity contribution in [2.75, 3.05) is 6.54 Å². The quantitative estimate of drug-likeness (QED) is 0.690. The lowest BCUT2D eigenvalue weighted by Gasteiger charge is -2.12. The Morgan fingerprint density at radius 3 is 3.07 bits per heavy atom. The average molecular weight is 192 g/mol. The van der Waals surface area contributed by atoms with Crippen LogP contribution in [0.1, 0.15) is 38.6 Å². The first-order chi connectivity index (χ1) is 6.88. The predicted octanol–water partition coefficient (Wildman–Crippen LogP) is 1.26. The summed E-state index contributed by atoms with van der Waals surface area (Å²) in [4.78, 5) is 4.13. The molecule has 14 heavy (non-hydrogen) atoms. The lowest BCUT2D eigenvalue weighted by Crippen LogP contribution is -2.22. The maximum atomic E-state index is 4.13. The van der Waals surface area contributed by atoms with Gasteiger partial charge in [0.05, 0.1) is 6.04 Å². The zero-order valence-electron chi connectivity index (χ0n) is 8.67. The van der Waals surface area contributed by atoms with E-state index in [1.54, 1.807) is 0 Å². The Labute approximate surface area is 84.5 Å². The molecule has 1 atom stereocenters. The first-order valence-electron chi connectivity index (χ1n) is 4.86. The fourth-order valence-electron chi connectivity index (χ4n) is 1.17. The van der Waals surface area contributed by atoms with Crippen LogP contribution in [-0.2, 0) is 0 Å². The summed E-state index contributed by atoms with van der Waals surface area (Å²) in [5.41, 5.74) is 0. The Kier molecular flexibility index (Phi) is 4.73. The Morgan fingerprint density at radius 2 is 2.50 bits per heavy atom. The van der Waals surface area contributed by atoms with E-state index < -0.39 is 0 Å². The second kappa shape index (κ2) is 6.17. The van der Waals surface area contributed by atoms with Crippen molar-refractivity contribution in [2.45, 2.75) is 32.7 Å². The van der Waals surface area contributed by atoms with Gasteiger partial charge < -0.3 is 5.32 Å². The van der Waals surface area contributed by atoms with E-state index >= 15 is 0 Å². The van der Waals surface area contributed by atoms with Gasteiger partial charge in [-0.1, -0.05) is 6.92 Å². The highest BCUT2D eigenvalue weighted by molar-refractivity contribution is 5.03. The van der Waals surface area contributed by atoms with E-state index in [-0.39, 0.29) is 6.04 Å². The van der Waals surface area contributed by atoms with Gasteiger partial charge in [-0.25, -0.2) is 4.98 Å². The van der Waals surface area contributed by atoms with Crippen molar-refractivity contribution in [3.63, 3.8) is 0 Å². The number of nitrogens with one attached hydrogen (secondary N) is 2. The van der Waals surface area contributed by atoms with Crippen LogP contribution in [0.2, 0.25) is 0 Å². The Morgan fingerprint density at radius 1 is 1.64 bits per heavy atom. The Balaban J connectivity index is 2.55. The third kappa shape index (κ3) is 3.19. The highest BCUT2D eigenvalue weighted by Crippen LogP contribution is 2.09. The van der Waals surface area contributed by atoms with Gasteiger partial charge >= 0.3 is 0 Å². The summed E-state index contributed by atoms with van der Waals surface area (Å²) >= 11 is 0. The highest BCUT2D eigenvalue weighted by atomic mass is 15.2. The summed E-state index contributed by atoms with van der Waals surface area (Å²) in [6.07, 6.45) is 3.39. The van der Waals surface area contributed by atoms with E-state index in [1.807, 2.05) is 6.92 Å². The number of nitrogens with zero attached hydrogens (tertiary/aromatic N) is 2. The monoisotopic (exact) mass is 192 g/mol. The maximum Gasteiger partial charge on any atom is 0.142 e. The number of aromatic nitrogens is 3. The van der Waals surface area contributed by atoms with Crippen LogP contribution in [0.3, 0.4) is 0 Å². The fourth-order valence-corrected chi connectivity index (χ4v) is 1.17. The van der Waals surface area contributed by atoms with E-state index in [0.29, 0.717) is 0 Å². The van der Waals surface area contributed by atoms with Crippen LogP contribution in [0.15, 0.2) is 6.33 Å². The van der Waals surface area contributed by atoms with Crippen molar-refractivity contribution < 1.29 is 0 Å². The Bertz CT molecular complexity index is 294. The van der Waals surface area contributed by atoms with E-state index in [4.69, 9.17) is 0 Å². The number of aromatic amines is 1. The minimum atomic E-state index is 0.171. The molecule has 0 radical (unpaired) electrons. The third-order valence-corrected chi connectivity index (χ3v) is 1.89. The van der Waals surface area contributed by atoms with Crippen molar-refractivity contribution in [3.05, 3.63) is 12.2 Å². The molecule has 1 aromatic rings. The molecule has 0 spiro atoms. The van der Waals surface area contributed by atoms with Crippen LogP contribution in [0.4, 0.5) is 0 Å². The molecule has 0 saturated heterocycles. The van der Waals surface area contributed by atoms with Gasteiger partial charge in [0, 0.05) is 6.42 Å². The second-order valence-electron chi connectivity index (χ2n) is 3.01. The average Bonchev–Trinajstić information content (AvgIpc) is 2.71. The standard InChI is InChI=1S/C10H16N4/c1-3-5-6-9(11-7-4-2)10-12-8-13-14-10/h8-9,11H,4,6-7H2,1-2H3,(H,12,13,14). The molecular formula is C10H16N4. The molecule has 0 aliphatic carbocycles. The molecule has 0 aliphatic heterocycles. The van der Waals surface area contributed by atoms with Crippen LogP contribution in [-0.4, -0.2) is 21.7 Å².